The van der Waals surface area contributed by atoms with Gasteiger partial charge in [-0.2, -0.15) is 0 Å². The molecule has 0 aliphatic carbocycles. The molecule has 1 aromatic heterocycles. The standard InChI is InChI=1S/C12H19N5O3/c1-4-14-10-7-6-9(17(19)20)12(15-10)16(5-2)8-11(18)13-3/h6-7H,4-5,8H2,1-3H3,(H,13,18)(H,14,15). The fourth-order valence-electron chi connectivity index (χ4n) is 1.68. The largest absolute Gasteiger partial charge is 0.370 e. The van der Waals surface area contributed by atoms with Gasteiger partial charge in [0.25, 0.3) is 0 Å². The number of hydrogen-bond acceptors (Lipinski definition) is 6. The molecule has 0 saturated heterocycles. The number of nitro groups is 1. The quantitative estimate of drug-likeness (QED) is 0.571. The first-order valence-electron chi connectivity index (χ1n) is 6.38. The van der Waals surface area contributed by atoms with E-state index < -0.39 is 4.92 Å². The predicted molar refractivity (Wildman–Crippen MR) is 77.0 cm³/mol. The highest BCUT2D eigenvalue weighted by Crippen LogP contribution is 2.27. The van der Waals surface area contributed by atoms with Crippen LogP contribution in [0.3, 0.4) is 0 Å². The molecule has 0 fully saturated rings. The van der Waals surface area contributed by atoms with E-state index in [2.05, 4.69) is 15.6 Å². The van der Waals surface area contributed by atoms with Crippen LogP contribution in [0.1, 0.15) is 13.8 Å². The molecule has 0 aliphatic rings. The van der Waals surface area contributed by atoms with Crippen molar-refractivity contribution in [3.05, 3.63) is 22.2 Å². The Balaban J connectivity index is 3.17. The van der Waals surface area contributed by atoms with E-state index in [1.165, 1.54) is 13.1 Å². The van der Waals surface area contributed by atoms with E-state index in [1.54, 1.807) is 11.0 Å². The van der Waals surface area contributed by atoms with E-state index >= 15 is 0 Å². The second-order valence-corrected chi connectivity index (χ2v) is 4.01. The molecule has 1 rings (SSSR count). The molecule has 0 bridgehead atoms. The monoisotopic (exact) mass is 281 g/mol. The number of nitrogens with one attached hydrogen (secondary N) is 2. The number of aromatic nitrogens is 1. The summed E-state index contributed by atoms with van der Waals surface area (Å²) in [5.74, 6) is 0.514. The van der Waals surface area contributed by atoms with Gasteiger partial charge in [0.2, 0.25) is 11.7 Å². The molecule has 8 heteroatoms. The molecule has 2 N–H and O–H groups in total. The molecular formula is C12H19N5O3. The fraction of sp³-hybridized carbons (Fsp3) is 0.500. The van der Waals surface area contributed by atoms with Crippen LogP contribution >= 0.6 is 0 Å². The fourth-order valence-corrected chi connectivity index (χ4v) is 1.68. The van der Waals surface area contributed by atoms with Crippen molar-refractivity contribution in [3.8, 4) is 0 Å². The molecule has 1 aromatic rings. The number of likely N-dealkylation sites (N-methyl/N-ethyl adjacent to an activating group) is 2. The minimum atomic E-state index is -0.495. The average Bonchev–Trinajstić information content (AvgIpc) is 2.44. The van der Waals surface area contributed by atoms with E-state index in [-0.39, 0.29) is 24.0 Å². The van der Waals surface area contributed by atoms with Gasteiger partial charge < -0.3 is 15.5 Å². The van der Waals surface area contributed by atoms with E-state index in [0.29, 0.717) is 18.9 Å². The van der Waals surface area contributed by atoms with E-state index in [1.807, 2.05) is 13.8 Å². The number of pyridine rings is 1. The molecule has 0 unspecified atom stereocenters. The third-order valence-corrected chi connectivity index (χ3v) is 2.70. The molecular weight excluding hydrogens is 262 g/mol. The summed E-state index contributed by atoms with van der Waals surface area (Å²) in [7, 11) is 1.52. The minimum Gasteiger partial charge on any atom is -0.370 e. The second-order valence-electron chi connectivity index (χ2n) is 4.01. The summed E-state index contributed by atoms with van der Waals surface area (Å²) < 4.78 is 0. The lowest BCUT2D eigenvalue weighted by molar-refractivity contribution is -0.384. The summed E-state index contributed by atoms with van der Waals surface area (Å²) in [5, 5.41) is 16.6. The third-order valence-electron chi connectivity index (χ3n) is 2.70. The van der Waals surface area contributed by atoms with Crippen LogP contribution in [0.25, 0.3) is 0 Å². The summed E-state index contributed by atoms with van der Waals surface area (Å²) in [5.41, 5.74) is -0.114. The van der Waals surface area contributed by atoms with Gasteiger partial charge in [-0.3, -0.25) is 14.9 Å². The van der Waals surface area contributed by atoms with Crippen molar-refractivity contribution in [3.63, 3.8) is 0 Å². The predicted octanol–water partition coefficient (Wildman–Crippen LogP) is 0.994. The Kier molecular flexibility index (Phi) is 5.70. The molecule has 20 heavy (non-hydrogen) atoms. The van der Waals surface area contributed by atoms with Gasteiger partial charge >= 0.3 is 5.69 Å². The number of carbonyl (C=O) groups is 1. The molecule has 110 valence electrons. The first-order valence-corrected chi connectivity index (χ1v) is 6.38. The van der Waals surface area contributed by atoms with Gasteiger partial charge in [-0.15, -0.1) is 0 Å². The normalized spacial score (nSPS) is 9.95. The second kappa shape index (κ2) is 7.27. The number of amides is 1. The first-order chi connectivity index (χ1) is 9.53. The van der Waals surface area contributed by atoms with Crippen LogP contribution in [0.5, 0.6) is 0 Å². The maximum absolute atomic E-state index is 11.5. The van der Waals surface area contributed by atoms with Crippen molar-refractivity contribution < 1.29 is 9.72 Å². The van der Waals surface area contributed by atoms with E-state index in [9.17, 15) is 14.9 Å². The molecule has 0 spiro atoms. The molecule has 1 amide bonds. The van der Waals surface area contributed by atoms with E-state index in [4.69, 9.17) is 0 Å². The van der Waals surface area contributed by atoms with Crippen LogP contribution in [-0.4, -0.2) is 42.5 Å². The summed E-state index contributed by atoms with van der Waals surface area (Å²) in [6.07, 6.45) is 0. The van der Waals surface area contributed by atoms with Gasteiger partial charge in [0.15, 0.2) is 0 Å². The van der Waals surface area contributed by atoms with Crippen LogP contribution in [0.2, 0.25) is 0 Å². The lowest BCUT2D eigenvalue weighted by atomic mass is 10.3. The van der Waals surface area contributed by atoms with Crippen molar-refractivity contribution in [2.24, 2.45) is 0 Å². The summed E-state index contributed by atoms with van der Waals surface area (Å²) in [4.78, 5) is 27.9. The van der Waals surface area contributed by atoms with Crippen molar-refractivity contribution in [1.82, 2.24) is 10.3 Å². The molecule has 0 aromatic carbocycles. The van der Waals surface area contributed by atoms with Gasteiger partial charge in [0, 0.05) is 26.2 Å². The number of carbonyl (C=O) groups excluding carboxylic acids is 1. The molecule has 0 saturated carbocycles. The zero-order chi connectivity index (χ0) is 15.1. The van der Waals surface area contributed by atoms with Crippen molar-refractivity contribution >= 4 is 23.2 Å². The molecule has 0 atom stereocenters. The Hall–Kier alpha value is -2.38. The van der Waals surface area contributed by atoms with Crippen LogP contribution in [0.15, 0.2) is 12.1 Å². The highest BCUT2D eigenvalue weighted by molar-refractivity contribution is 5.81. The highest BCUT2D eigenvalue weighted by atomic mass is 16.6. The Morgan fingerprint density at radius 3 is 2.65 bits per heavy atom. The maximum atomic E-state index is 11.5. The first kappa shape index (κ1) is 15.7. The third kappa shape index (κ3) is 3.81. The lowest BCUT2D eigenvalue weighted by Crippen LogP contribution is -2.36. The highest BCUT2D eigenvalue weighted by Gasteiger charge is 2.22. The van der Waals surface area contributed by atoms with Crippen LogP contribution in [-0.2, 0) is 4.79 Å². The van der Waals surface area contributed by atoms with Crippen LogP contribution in [0, 0.1) is 10.1 Å². The molecule has 8 nitrogen and oxygen atoms in total. The topological polar surface area (TPSA) is 100 Å². The zero-order valence-electron chi connectivity index (χ0n) is 11.8. The molecule has 0 aliphatic heterocycles. The lowest BCUT2D eigenvalue weighted by Gasteiger charge is -2.21. The molecule has 0 radical (unpaired) electrons. The average molecular weight is 281 g/mol. The summed E-state index contributed by atoms with van der Waals surface area (Å²) >= 11 is 0. The number of anilines is 2. The molecule has 1 heterocycles. The Labute approximate surface area is 117 Å². The van der Waals surface area contributed by atoms with Crippen molar-refractivity contribution in [2.75, 3.05) is 36.9 Å². The van der Waals surface area contributed by atoms with Crippen molar-refractivity contribution in [2.45, 2.75) is 13.8 Å². The van der Waals surface area contributed by atoms with E-state index in [0.717, 1.165) is 0 Å². The van der Waals surface area contributed by atoms with Gasteiger partial charge in [0.1, 0.15) is 5.82 Å². The summed E-state index contributed by atoms with van der Waals surface area (Å²) in [6.45, 7) is 4.85. The SMILES string of the molecule is CCNc1ccc([N+](=O)[O-])c(N(CC)CC(=O)NC)n1. The smallest absolute Gasteiger partial charge is 0.311 e. The number of rotatable bonds is 7. The van der Waals surface area contributed by atoms with Crippen molar-refractivity contribution in [1.29, 1.82) is 0 Å². The Bertz CT molecular complexity index is 492. The minimum absolute atomic E-state index is 0.0242. The van der Waals surface area contributed by atoms with Gasteiger partial charge in [-0.05, 0) is 19.9 Å². The van der Waals surface area contributed by atoms with Gasteiger partial charge in [-0.25, -0.2) is 4.98 Å². The Morgan fingerprint density at radius 1 is 1.45 bits per heavy atom. The van der Waals surface area contributed by atoms with Gasteiger partial charge in [-0.1, -0.05) is 0 Å². The number of hydrogen-bond donors (Lipinski definition) is 2. The van der Waals surface area contributed by atoms with Crippen LogP contribution in [0.4, 0.5) is 17.3 Å². The zero-order valence-corrected chi connectivity index (χ0v) is 11.8. The van der Waals surface area contributed by atoms with Crippen LogP contribution < -0.4 is 15.5 Å². The maximum Gasteiger partial charge on any atom is 0.311 e. The Morgan fingerprint density at radius 2 is 2.15 bits per heavy atom. The van der Waals surface area contributed by atoms with Gasteiger partial charge in [0.05, 0.1) is 11.5 Å². The number of nitrogens with zero attached hydrogens (tertiary/aromatic N) is 3. The summed E-state index contributed by atoms with van der Waals surface area (Å²) in [6, 6.07) is 2.95.